The van der Waals surface area contributed by atoms with Gasteiger partial charge >= 0.3 is 0 Å². The summed E-state index contributed by atoms with van der Waals surface area (Å²) in [6, 6.07) is 2.45. The lowest BCUT2D eigenvalue weighted by Gasteiger charge is -2.06. The molecule has 0 aliphatic rings. The number of halogens is 2. The highest BCUT2D eigenvalue weighted by Gasteiger charge is 2.16. The predicted octanol–water partition coefficient (Wildman–Crippen LogP) is 1.91. The molecule has 0 aliphatic carbocycles. The molecule has 78 valence electrons. The third-order valence-electron chi connectivity index (χ3n) is 1.74. The van der Waals surface area contributed by atoms with Crippen LogP contribution in [0, 0.1) is 12.7 Å². The van der Waals surface area contributed by atoms with E-state index in [1.165, 1.54) is 6.07 Å². The molecule has 0 spiro atoms. The average Bonchev–Trinajstić information content (AvgIpc) is 2.04. The number of aromatic hydroxyl groups is 1. The maximum atomic E-state index is 13.1. The van der Waals surface area contributed by atoms with Crippen LogP contribution < -0.4 is 0 Å². The normalized spacial score (nSPS) is 11.6. The van der Waals surface area contributed by atoms with Crippen LogP contribution in [-0.2, 0) is 14.8 Å². The third-order valence-corrected chi connectivity index (χ3v) is 2.70. The van der Waals surface area contributed by atoms with Gasteiger partial charge in [-0.3, -0.25) is 0 Å². The summed E-state index contributed by atoms with van der Waals surface area (Å²) in [5.74, 6) is -1.86. The van der Waals surface area contributed by atoms with E-state index in [9.17, 15) is 17.9 Å². The van der Waals surface area contributed by atoms with E-state index >= 15 is 0 Å². The minimum absolute atomic E-state index is 0.292. The van der Waals surface area contributed by atoms with E-state index in [1.807, 2.05) is 0 Å². The zero-order chi connectivity index (χ0) is 10.9. The predicted molar refractivity (Wildman–Crippen MR) is 51.3 cm³/mol. The Morgan fingerprint density at radius 3 is 2.57 bits per heavy atom. The van der Waals surface area contributed by atoms with Crippen LogP contribution in [0.25, 0.3) is 0 Å². The molecule has 0 saturated carbocycles. The Morgan fingerprint density at radius 1 is 1.50 bits per heavy atom. The number of hydrogen-bond donors (Lipinski definition) is 1. The van der Waals surface area contributed by atoms with E-state index < -0.39 is 20.6 Å². The highest BCUT2D eigenvalue weighted by Crippen LogP contribution is 2.27. The quantitative estimate of drug-likeness (QED) is 0.801. The van der Waals surface area contributed by atoms with Crippen LogP contribution in [0.2, 0.25) is 0 Å². The summed E-state index contributed by atoms with van der Waals surface area (Å²) in [6.07, 6.45) is 0. The topological polar surface area (TPSA) is 54.4 Å². The zero-order valence-corrected chi connectivity index (χ0v) is 8.86. The molecule has 0 atom stereocenters. The molecule has 0 amide bonds. The molecule has 0 fully saturated rings. The summed E-state index contributed by atoms with van der Waals surface area (Å²) in [5, 5.41) is 9.38. The van der Waals surface area contributed by atoms with Crippen LogP contribution in [0.3, 0.4) is 0 Å². The molecular weight excluding hydrogens is 231 g/mol. The minimum atomic E-state index is -3.87. The first-order valence-electron chi connectivity index (χ1n) is 3.70. The van der Waals surface area contributed by atoms with Crippen molar-refractivity contribution in [2.45, 2.75) is 12.7 Å². The van der Waals surface area contributed by atoms with Gasteiger partial charge in [-0.1, -0.05) is 6.07 Å². The first-order valence-corrected chi connectivity index (χ1v) is 6.18. The fraction of sp³-hybridized carbons (Fsp3) is 0.250. The third kappa shape index (κ3) is 2.59. The van der Waals surface area contributed by atoms with Gasteiger partial charge in [0.1, 0.15) is 11.6 Å². The van der Waals surface area contributed by atoms with E-state index in [1.54, 1.807) is 6.92 Å². The van der Waals surface area contributed by atoms with Crippen LogP contribution in [0.4, 0.5) is 4.39 Å². The van der Waals surface area contributed by atoms with E-state index in [2.05, 4.69) is 0 Å². The molecule has 1 aromatic carbocycles. The molecular formula is C8H8ClFO3S. The maximum absolute atomic E-state index is 13.1. The van der Waals surface area contributed by atoms with Crippen LogP contribution >= 0.6 is 10.7 Å². The first kappa shape index (κ1) is 11.3. The lowest BCUT2D eigenvalue weighted by molar-refractivity contribution is 0.457. The van der Waals surface area contributed by atoms with Crippen molar-refractivity contribution in [3.63, 3.8) is 0 Å². The molecule has 1 N–H and O–H groups in total. The van der Waals surface area contributed by atoms with E-state index in [4.69, 9.17) is 10.7 Å². The van der Waals surface area contributed by atoms with Gasteiger partial charge in [-0.2, -0.15) is 0 Å². The van der Waals surface area contributed by atoms with Crippen molar-refractivity contribution in [1.82, 2.24) is 0 Å². The molecule has 0 aliphatic heterocycles. The van der Waals surface area contributed by atoms with Gasteiger partial charge in [-0.25, -0.2) is 12.8 Å². The van der Waals surface area contributed by atoms with Crippen molar-refractivity contribution in [3.05, 3.63) is 29.1 Å². The van der Waals surface area contributed by atoms with Crippen LogP contribution in [0.15, 0.2) is 12.1 Å². The molecule has 3 nitrogen and oxygen atoms in total. The smallest absolute Gasteiger partial charge is 0.237 e. The van der Waals surface area contributed by atoms with Crippen molar-refractivity contribution in [3.8, 4) is 5.75 Å². The molecule has 0 radical (unpaired) electrons. The summed E-state index contributed by atoms with van der Waals surface area (Å²) >= 11 is 0. The molecule has 6 heteroatoms. The number of benzene rings is 1. The molecule has 1 aromatic rings. The first-order chi connectivity index (χ1) is 6.31. The molecule has 1 rings (SSSR count). The lowest BCUT2D eigenvalue weighted by atomic mass is 10.1. The molecule has 0 saturated heterocycles. The van der Waals surface area contributed by atoms with Gasteiger partial charge in [0.15, 0.2) is 0 Å². The van der Waals surface area contributed by atoms with E-state index in [-0.39, 0.29) is 11.3 Å². The second-order valence-electron chi connectivity index (χ2n) is 2.87. The summed E-state index contributed by atoms with van der Waals surface area (Å²) < 4.78 is 34.5. The Morgan fingerprint density at radius 2 is 2.07 bits per heavy atom. The number of hydrogen-bond acceptors (Lipinski definition) is 3. The minimum Gasteiger partial charge on any atom is -0.507 e. The number of aryl methyl sites for hydroxylation is 1. The maximum Gasteiger partial charge on any atom is 0.237 e. The average molecular weight is 239 g/mol. The van der Waals surface area contributed by atoms with Crippen LogP contribution in [-0.4, -0.2) is 13.5 Å². The number of phenols is 1. The van der Waals surface area contributed by atoms with Crippen molar-refractivity contribution in [1.29, 1.82) is 0 Å². The van der Waals surface area contributed by atoms with Gasteiger partial charge in [0.05, 0.1) is 5.75 Å². The standard InChI is InChI=1S/C8H8ClFO3S/c1-5-2-3-7(10)6(8(5)11)4-14(9,12)13/h2-3,11H,4H2,1H3. The summed E-state index contributed by atoms with van der Waals surface area (Å²) in [7, 11) is 1.09. The van der Waals surface area contributed by atoms with Crippen LogP contribution in [0.5, 0.6) is 5.75 Å². The molecule has 0 bridgehead atoms. The Labute approximate surface area is 85.6 Å². The Hall–Kier alpha value is -0.810. The van der Waals surface area contributed by atoms with Gasteiger partial charge in [0.25, 0.3) is 0 Å². The lowest BCUT2D eigenvalue weighted by Crippen LogP contribution is -1.99. The molecule has 0 unspecified atom stereocenters. The van der Waals surface area contributed by atoms with Crippen molar-refractivity contribution >= 4 is 19.7 Å². The Kier molecular flexibility index (Phi) is 3.01. The summed E-state index contributed by atoms with van der Waals surface area (Å²) in [6.45, 7) is 1.54. The second-order valence-corrected chi connectivity index (χ2v) is 5.65. The summed E-state index contributed by atoms with van der Waals surface area (Å²) in [4.78, 5) is 0. The number of phenolic OH excluding ortho intramolecular Hbond substituents is 1. The Bertz CT molecular complexity index is 456. The van der Waals surface area contributed by atoms with Gasteiger partial charge in [0.2, 0.25) is 9.05 Å². The second kappa shape index (κ2) is 3.74. The van der Waals surface area contributed by atoms with Gasteiger partial charge < -0.3 is 5.11 Å². The van der Waals surface area contributed by atoms with E-state index in [0.717, 1.165) is 6.07 Å². The zero-order valence-electron chi connectivity index (χ0n) is 7.29. The van der Waals surface area contributed by atoms with Crippen molar-refractivity contribution in [2.24, 2.45) is 0 Å². The van der Waals surface area contributed by atoms with Crippen LogP contribution in [0.1, 0.15) is 11.1 Å². The van der Waals surface area contributed by atoms with Gasteiger partial charge in [-0.05, 0) is 18.6 Å². The SMILES string of the molecule is Cc1ccc(F)c(CS(=O)(=O)Cl)c1O. The van der Waals surface area contributed by atoms with E-state index in [0.29, 0.717) is 5.56 Å². The van der Waals surface area contributed by atoms with Crippen molar-refractivity contribution in [2.75, 3.05) is 0 Å². The highest BCUT2D eigenvalue weighted by molar-refractivity contribution is 8.13. The monoisotopic (exact) mass is 238 g/mol. The fourth-order valence-electron chi connectivity index (χ4n) is 1.04. The van der Waals surface area contributed by atoms with Gasteiger partial charge in [0, 0.05) is 16.2 Å². The van der Waals surface area contributed by atoms with Gasteiger partial charge in [-0.15, -0.1) is 0 Å². The highest BCUT2D eigenvalue weighted by atomic mass is 35.7. The fourth-order valence-corrected chi connectivity index (χ4v) is 1.99. The molecule has 14 heavy (non-hydrogen) atoms. The number of rotatable bonds is 2. The Balaban J connectivity index is 3.27. The summed E-state index contributed by atoms with van der Waals surface area (Å²) in [5.41, 5.74) is 0.113. The molecule has 0 heterocycles. The van der Waals surface area contributed by atoms with Crippen molar-refractivity contribution < 1.29 is 17.9 Å². The largest absolute Gasteiger partial charge is 0.507 e. The molecule has 0 aromatic heterocycles.